The van der Waals surface area contributed by atoms with E-state index in [-0.39, 0.29) is 5.91 Å². The lowest BCUT2D eigenvalue weighted by atomic mass is 10.1. The Labute approximate surface area is 206 Å². The maximum atomic E-state index is 12.7. The summed E-state index contributed by atoms with van der Waals surface area (Å²) in [6, 6.07) is 11.4. The molecule has 0 spiro atoms. The normalized spacial score (nSPS) is 10.9. The minimum Gasteiger partial charge on any atom is -0.488 e. The van der Waals surface area contributed by atoms with E-state index in [1.807, 2.05) is 31.4 Å². The molecule has 0 saturated carbocycles. The van der Waals surface area contributed by atoms with Crippen molar-refractivity contribution in [1.82, 2.24) is 9.78 Å². The van der Waals surface area contributed by atoms with Gasteiger partial charge in [0.25, 0.3) is 5.91 Å². The number of carbonyl (C=O) groups is 1. The molecule has 1 N–H and O–H groups in total. The van der Waals surface area contributed by atoms with Crippen molar-refractivity contribution in [2.24, 2.45) is 0 Å². The van der Waals surface area contributed by atoms with Gasteiger partial charge in [0.15, 0.2) is 0 Å². The number of amides is 1. The monoisotopic (exact) mass is 499 g/mol. The Balaban J connectivity index is 1.36. The third kappa shape index (κ3) is 5.77. The van der Waals surface area contributed by atoms with Crippen LogP contribution >= 0.6 is 34.5 Å². The van der Waals surface area contributed by atoms with E-state index in [1.165, 1.54) is 16.9 Å². The van der Waals surface area contributed by atoms with Crippen molar-refractivity contribution in [3.63, 3.8) is 0 Å². The van der Waals surface area contributed by atoms with Crippen molar-refractivity contribution in [1.29, 1.82) is 0 Å². The summed E-state index contributed by atoms with van der Waals surface area (Å²) in [5, 5.41) is 10.3. The molecule has 2 heterocycles. The predicted octanol–water partition coefficient (Wildman–Crippen LogP) is 7.06. The predicted molar refractivity (Wildman–Crippen MR) is 135 cm³/mol. The van der Waals surface area contributed by atoms with Crippen LogP contribution in [0.1, 0.15) is 37.5 Å². The number of thiophene rings is 1. The number of ether oxygens (including phenoxy) is 1. The third-order valence-electron chi connectivity index (χ3n) is 5.10. The van der Waals surface area contributed by atoms with E-state index in [2.05, 4.69) is 29.5 Å². The van der Waals surface area contributed by atoms with Crippen molar-refractivity contribution in [3.05, 3.63) is 96.9 Å². The van der Waals surface area contributed by atoms with Crippen molar-refractivity contribution in [3.8, 4) is 5.75 Å². The van der Waals surface area contributed by atoms with Gasteiger partial charge >= 0.3 is 0 Å². The van der Waals surface area contributed by atoms with Crippen LogP contribution in [-0.2, 0) is 13.2 Å². The molecule has 0 bridgehead atoms. The van der Waals surface area contributed by atoms with E-state index in [0.29, 0.717) is 33.8 Å². The van der Waals surface area contributed by atoms with Crippen LogP contribution in [0, 0.1) is 20.8 Å². The molecule has 170 valence electrons. The van der Waals surface area contributed by atoms with E-state index >= 15 is 0 Å². The van der Waals surface area contributed by atoms with Gasteiger partial charge in [-0.15, -0.1) is 11.3 Å². The number of carbonyl (C=O) groups excluding carboxylic acids is 1. The first-order valence-electron chi connectivity index (χ1n) is 10.3. The average Bonchev–Trinajstić information content (AvgIpc) is 3.39. The first kappa shape index (κ1) is 23.4. The summed E-state index contributed by atoms with van der Waals surface area (Å²) < 4.78 is 7.75. The molecule has 5 nitrogen and oxygen atoms in total. The van der Waals surface area contributed by atoms with E-state index in [0.717, 1.165) is 28.0 Å². The molecule has 0 aliphatic heterocycles. The fourth-order valence-corrected chi connectivity index (χ4v) is 4.91. The zero-order valence-corrected chi connectivity index (χ0v) is 20.8. The molecular weight excluding hydrogens is 477 g/mol. The molecule has 33 heavy (non-hydrogen) atoms. The maximum Gasteiger partial charge on any atom is 0.265 e. The molecule has 0 radical (unpaired) electrons. The van der Waals surface area contributed by atoms with Crippen LogP contribution in [0.2, 0.25) is 10.0 Å². The van der Waals surface area contributed by atoms with Crippen LogP contribution in [0.3, 0.4) is 0 Å². The highest BCUT2D eigenvalue weighted by Gasteiger charge is 2.13. The molecule has 0 atom stereocenters. The molecule has 0 unspecified atom stereocenters. The zero-order valence-electron chi connectivity index (χ0n) is 18.5. The summed E-state index contributed by atoms with van der Waals surface area (Å²) in [4.78, 5) is 13.3. The van der Waals surface area contributed by atoms with E-state index in [9.17, 15) is 4.79 Å². The molecule has 0 aliphatic rings. The van der Waals surface area contributed by atoms with E-state index < -0.39 is 0 Å². The lowest BCUT2D eigenvalue weighted by molar-refractivity contribution is 0.103. The summed E-state index contributed by atoms with van der Waals surface area (Å²) in [7, 11) is 0. The number of aryl methyl sites for hydroxylation is 3. The van der Waals surface area contributed by atoms with E-state index in [1.54, 1.807) is 29.2 Å². The van der Waals surface area contributed by atoms with Gasteiger partial charge in [0.05, 0.1) is 23.3 Å². The van der Waals surface area contributed by atoms with Gasteiger partial charge < -0.3 is 10.1 Å². The van der Waals surface area contributed by atoms with Gasteiger partial charge in [0, 0.05) is 21.8 Å². The Bertz CT molecular complexity index is 1290. The quantitative estimate of drug-likeness (QED) is 0.296. The molecule has 8 heteroatoms. The average molecular weight is 500 g/mol. The van der Waals surface area contributed by atoms with Gasteiger partial charge in [-0.05, 0) is 61.0 Å². The number of rotatable bonds is 7. The fourth-order valence-electron chi connectivity index (χ4n) is 3.65. The van der Waals surface area contributed by atoms with Crippen LogP contribution < -0.4 is 10.1 Å². The number of anilines is 1. The van der Waals surface area contributed by atoms with Gasteiger partial charge in [0.2, 0.25) is 0 Å². The zero-order chi connectivity index (χ0) is 23.5. The molecule has 0 fully saturated rings. The summed E-state index contributed by atoms with van der Waals surface area (Å²) in [5.74, 6) is 0.712. The van der Waals surface area contributed by atoms with Crippen LogP contribution in [-0.4, -0.2) is 15.7 Å². The number of hydrogen-bond acceptors (Lipinski definition) is 4. The number of halogens is 2. The highest BCUT2D eigenvalue weighted by Crippen LogP contribution is 2.27. The highest BCUT2D eigenvalue weighted by atomic mass is 35.5. The Morgan fingerprint density at radius 1 is 1.12 bits per heavy atom. The molecule has 0 saturated heterocycles. The molecule has 2 aromatic heterocycles. The van der Waals surface area contributed by atoms with Crippen LogP contribution in [0.4, 0.5) is 5.69 Å². The summed E-state index contributed by atoms with van der Waals surface area (Å²) >= 11 is 13.6. The number of nitrogens with one attached hydrogen (secondary N) is 1. The minimum atomic E-state index is -0.182. The fraction of sp³-hybridized carbons (Fsp3) is 0.200. The minimum absolute atomic E-state index is 0.182. The second-order valence-corrected chi connectivity index (χ2v) is 9.71. The smallest absolute Gasteiger partial charge is 0.265 e. The summed E-state index contributed by atoms with van der Waals surface area (Å²) in [6.45, 7) is 7.05. The van der Waals surface area contributed by atoms with Gasteiger partial charge in [-0.3, -0.25) is 9.48 Å². The van der Waals surface area contributed by atoms with Crippen molar-refractivity contribution < 1.29 is 9.53 Å². The second kappa shape index (κ2) is 10.00. The maximum absolute atomic E-state index is 12.7. The lowest BCUT2D eigenvalue weighted by Gasteiger charge is -2.12. The number of aromatic nitrogens is 2. The standard InChI is InChI=1S/C25H23Cl2N3O2S/c1-15-6-16(2)24(17(3)7-15)32-13-18-8-23(33-14-18)25(31)29-21-10-28-30(12-21)11-19-4-5-20(26)9-22(19)27/h4-10,12,14H,11,13H2,1-3H3,(H,29,31). The Morgan fingerprint density at radius 2 is 1.88 bits per heavy atom. The van der Waals surface area contributed by atoms with Gasteiger partial charge in [-0.25, -0.2) is 0 Å². The van der Waals surface area contributed by atoms with Crippen molar-refractivity contribution in [2.75, 3.05) is 5.32 Å². The topological polar surface area (TPSA) is 56.1 Å². The molecule has 0 aliphatic carbocycles. The Kier molecular flexibility index (Phi) is 7.08. The van der Waals surface area contributed by atoms with Crippen LogP contribution in [0.25, 0.3) is 0 Å². The van der Waals surface area contributed by atoms with Gasteiger partial charge in [-0.2, -0.15) is 5.10 Å². The SMILES string of the molecule is Cc1cc(C)c(OCc2csc(C(=O)Nc3cnn(Cc4ccc(Cl)cc4Cl)c3)c2)c(C)c1. The number of nitrogens with zero attached hydrogens (tertiary/aromatic N) is 2. The summed E-state index contributed by atoms with van der Waals surface area (Å²) in [5.41, 5.74) is 5.89. The van der Waals surface area contributed by atoms with Crippen molar-refractivity contribution >= 4 is 46.1 Å². The molecule has 4 rings (SSSR count). The van der Waals surface area contributed by atoms with Crippen molar-refractivity contribution in [2.45, 2.75) is 33.9 Å². The van der Waals surface area contributed by atoms with Gasteiger partial charge in [-0.1, -0.05) is 47.0 Å². The molecule has 1 amide bonds. The first-order chi connectivity index (χ1) is 15.8. The molecule has 2 aromatic carbocycles. The third-order valence-corrected chi connectivity index (χ3v) is 6.67. The highest BCUT2D eigenvalue weighted by molar-refractivity contribution is 7.12. The Morgan fingerprint density at radius 3 is 2.61 bits per heavy atom. The molecular formula is C25H23Cl2N3O2S. The largest absolute Gasteiger partial charge is 0.488 e. The van der Waals surface area contributed by atoms with Crippen LogP contribution in [0.5, 0.6) is 5.75 Å². The van der Waals surface area contributed by atoms with E-state index in [4.69, 9.17) is 27.9 Å². The van der Waals surface area contributed by atoms with Crippen LogP contribution in [0.15, 0.2) is 54.2 Å². The molecule has 4 aromatic rings. The lowest BCUT2D eigenvalue weighted by Crippen LogP contribution is -2.09. The Hall–Kier alpha value is -2.80. The second-order valence-electron chi connectivity index (χ2n) is 7.95. The number of hydrogen-bond donors (Lipinski definition) is 1. The summed E-state index contributed by atoms with van der Waals surface area (Å²) in [6.07, 6.45) is 3.38. The van der Waals surface area contributed by atoms with Gasteiger partial charge in [0.1, 0.15) is 12.4 Å². The number of benzene rings is 2. The first-order valence-corrected chi connectivity index (χ1v) is 12.0.